The topological polar surface area (TPSA) is 97.8 Å². The summed E-state index contributed by atoms with van der Waals surface area (Å²) in [4.78, 5) is 19.1. The standard InChI is InChI=1S/C18H20N4O2/c1-11(2)8-14-9-13(10-15(23)20-14)18-21-17(22-24-18)16(19)12-6-4-3-5-7-12/h3-7,9-11,16H,8,19H2,1-2H3,(H,20,23). The molecule has 0 bridgehead atoms. The third kappa shape index (κ3) is 3.60. The molecule has 2 heterocycles. The maximum atomic E-state index is 11.9. The Morgan fingerprint density at radius 1 is 1.21 bits per heavy atom. The van der Waals surface area contributed by atoms with Crippen molar-refractivity contribution in [3.8, 4) is 11.5 Å². The number of nitrogens with zero attached hydrogens (tertiary/aromatic N) is 2. The van der Waals surface area contributed by atoms with Crippen LogP contribution in [0.15, 0.2) is 51.8 Å². The summed E-state index contributed by atoms with van der Waals surface area (Å²) < 4.78 is 5.31. The molecule has 3 aromatic rings. The van der Waals surface area contributed by atoms with Crippen LogP contribution in [0.5, 0.6) is 0 Å². The molecule has 1 aromatic carbocycles. The van der Waals surface area contributed by atoms with Gasteiger partial charge in [0.15, 0.2) is 5.82 Å². The number of pyridine rings is 1. The molecule has 0 amide bonds. The van der Waals surface area contributed by atoms with Crippen LogP contribution in [0.1, 0.15) is 37.0 Å². The van der Waals surface area contributed by atoms with E-state index >= 15 is 0 Å². The van der Waals surface area contributed by atoms with Crippen molar-refractivity contribution in [1.29, 1.82) is 0 Å². The fourth-order valence-electron chi connectivity index (χ4n) is 2.56. The van der Waals surface area contributed by atoms with Gasteiger partial charge in [-0.2, -0.15) is 4.98 Å². The van der Waals surface area contributed by atoms with Gasteiger partial charge < -0.3 is 15.2 Å². The number of nitrogens with two attached hydrogens (primary N) is 1. The summed E-state index contributed by atoms with van der Waals surface area (Å²) in [5.41, 5.74) is 8.35. The van der Waals surface area contributed by atoms with Crippen LogP contribution >= 0.6 is 0 Å². The van der Waals surface area contributed by atoms with E-state index in [4.69, 9.17) is 10.3 Å². The van der Waals surface area contributed by atoms with Crippen molar-refractivity contribution in [3.05, 3.63) is 69.9 Å². The van der Waals surface area contributed by atoms with Crippen LogP contribution in [0.3, 0.4) is 0 Å². The molecule has 6 nitrogen and oxygen atoms in total. The third-order valence-corrected chi connectivity index (χ3v) is 3.65. The van der Waals surface area contributed by atoms with Crippen molar-refractivity contribution in [3.63, 3.8) is 0 Å². The second-order valence-corrected chi connectivity index (χ2v) is 6.20. The van der Waals surface area contributed by atoms with Gasteiger partial charge in [-0.15, -0.1) is 0 Å². The molecule has 0 aliphatic heterocycles. The molecule has 0 aliphatic carbocycles. The lowest BCUT2D eigenvalue weighted by Gasteiger charge is -2.06. The largest absolute Gasteiger partial charge is 0.334 e. The van der Waals surface area contributed by atoms with Crippen LogP contribution in [0.4, 0.5) is 0 Å². The molecule has 1 atom stereocenters. The Hall–Kier alpha value is -2.73. The van der Waals surface area contributed by atoms with Gasteiger partial charge in [-0.3, -0.25) is 4.79 Å². The Balaban J connectivity index is 1.91. The highest BCUT2D eigenvalue weighted by atomic mass is 16.5. The third-order valence-electron chi connectivity index (χ3n) is 3.65. The Bertz CT molecular complexity index is 868. The number of benzene rings is 1. The molecule has 0 spiro atoms. The Morgan fingerprint density at radius 3 is 2.67 bits per heavy atom. The summed E-state index contributed by atoms with van der Waals surface area (Å²) in [6.45, 7) is 4.18. The van der Waals surface area contributed by atoms with Crippen molar-refractivity contribution in [2.75, 3.05) is 0 Å². The van der Waals surface area contributed by atoms with Crippen molar-refractivity contribution >= 4 is 0 Å². The molecular weight excluding hydrogens is 304 g/mol. The zero-order chi connectivity index (χ0) is 17.1. The maximum Gasteiger partial charge on any atom is 0.258 e. The van der Waals surface area contributed by atoms with Crippen molar-refractivity contribution < 1.29 is 4.52 Å². The number of hydrogen-bond acceptors (Lipinski definition) is 5. The second kappa shape index (κ2) is 6.80. The monoisotopic (exact) mass is 324 g/mol. The van der Waals surface area contributed by atoms with Gasteiger partial charge >= 0.3 is 0 Å². The van der Waals surface area contributed by atoms with E-state index < -0.39 is 6.04 Å². The number of rotatable bonds is 5. The molecule has 3 N–H and O–H groups in total. The first-order valence-corrected chi connectivity index (χ1v) is 7.90. The Kier molecular flexibility index (Phi) is 4.57. The van der Waals surface area contributed by atoms with E-state index in [9.17, 15) is 4.79 Å². The van der Waals surface area contributed by atoms with Gasteiger partial charge in [0.1, 0.15) is 0 Å². The number of aromatic nitrogens is 3. The Labute approximate surface area is 139 Å². The molecule has 3 rings (SSSR count). The maximum absolute atomic E-state index is 11.9. The van der Waals surface area contributed by atoms with E-state index in [1.54, 1.807) is 0 Å². The molecule has 24 heavy (non-hydrogen) atoms. The first-order valence-electron chi connectivity index (χ1n) is 7.90. The van der Waals surface area contributed by atoms with E-state index in [2.05, 4.69) is 29.0 Å². The Morgan fingerprint density at radius 2 is 1.96 bits per heavy atom. The van der Waals surface area contributed by atoms with Crippen LogP contribution in [0.2, 0.25) is 0 Å². The minimum Gasteiger partial charge on any atom is -0.334 e. The normalized spacial score (nSPS) is 12.5. The fraction of sp³-hybridized carbons (Fsp3) is 0.278. The number of H-pyrrole nitrogens is 1. The van der Waals surface area contributed by atoms with Crippen molar-refractivity contribution in [2.24, 2.45) is 11.7 Å². The quantitative estimate of drug-likeness (QED) is 0.752. The van der Waals surface area contributed by atoms with Crippen LogP contribution in [-0.2, 0) is 6.42 Å². The van der Waals surface area contributed by atoms with E-state index in [0.29, 0.717) is 23.2 Å². The lowest BCUT2D eigenvalue weighted by atomic mass is 10.1. The van der Waals surface area contributed by atoms with Gasteiger partial charge in [0, 0.05) is 17.3 Å². The van der Waals surface area contributed by atoms with Crippen molar-refractivity contribution in [2.45, 2.75) is 26.3 Å². The van der Waals surface area contributed by atoms with Gasteiger partial charge in [-0.1, -0.05) is 49.3 Å². The summed E-state index contributed by atoms with van der Waals surface area (Å²) in [6.07, 6.45) is 0.771. The molecular formula is C18H20N4O2. The average Bonchev–Trinajstić information content (AvgIpc) is 3.04. The smallest absolute Gasteiger partial charge is 0.258 e. The summed E-state index contributed by atoms with van der Waals surface area (Å²) in [5.74, 6) is 1.12. The van der Waals surface area contributed by atoms with Crippen LogP contribution < -0.4 is 11.3 Å². The zero-order valence-electron chi connectivity index (χ0n) is 13.7. The van der Waals surface area contributed by atoms with E-state index in [-0.39, 0.29) is 5.56 Å². The summed E-state index contributed by atoms with van der Waals surface area (Å²) in [6, 6.07) is 12.4. The molecule has 1 unspecified atom stereocenters. The molecule has 0 radical (unpaired) electrons. The van der Waals surface area contributed by atoms with Crippen LogP contribution in [0.25, 0.3) is 11.5 Å². The van der Waals surface area contributed by atoms with Crippen LogP contribution in [0, 0.1) is 5.92 Å². The molecule has 2 aromatic heterocycles. The molecule has 0 aliphatic rings. The van der Waals surface area contributed by atoms with Gasteiger partial charge in [-0.05, 0) is 24.0 Å². The zero-order valence-corrected chi connectivity index (χ0v) is 13.7. The number of hydrogen-bond donors (Lipinski definition) is 2. The van der Waals surface area contributed by atoms with E-state index in [1.807, 2.05) is 36.4 Å². The first kappa shape index (κ1) is 16.1. The van der Waals surface area contributed by atoms with Crippen LogP contribution in [-0.4, -0.2) is 15.1 Å². The van der Waals surface area contributed by atoms with Gasteiger partial charge in [0.25, 0.3) is 5.89 Å². The predicted octanol–water partition coefficient (Wildman–Crippen LogP) is 2.67. The summed E-state index contributed by atoms with van der Waals surface area (Å²) >= 11 is 0. The fourth-order valence-corrected chi connectivity index (χ4v) is 2.56. The predicted molar refractivity (Wildman–Crippen MR) is 91.4 cm³/mol. The van der Waals surface area contributed by atoms with Gasteiger partial charge in [0.05, 0.1) is 6.04 Å². The highest BCUT2D eigenvalue weighted by Gasteiger charge is 2.17. The molecule has 6 heteroatoms. The first-order chi connectivity index (χ1) is 11.5. The molecule has 124 valence electrons. The summed E-state index contributed by atoms with van der Waals surface area (Å²) in [5, 5.41) is 3.97. The average molecular weight is 324 g/mol. The highest BCUT2D eigenvalue weighted by Crippen LogP contribution is 2.21. The minimum atomic E-state index is -0.471. The minimum absolute atomic E-state index is 0.185. The molecule has 0 saturated heterocycles. The lowest BCUT2D eigenvalue weighted by Crippen LogP contribution is -2.13. The van der Waals surface area contributed by atoms with Gasteiger partial charge in [-0.25, -0.2) is 0 Å². The summed E-state index contributed by atoms with van der Waals surface area (Å²) in [7, 11) is 0. The lowest BCUT2D eigenvalue weighted by molar-refractivity contribution is 0.419. The molecule has 0 saturated carbocycles. The second-order valence-electron chi connectivity index (χ2n) is 6.20. The highest BCUT2D eigenvalue weighted by molar-refractivity contribution is 5.52. The SMILES string of the molecule is CC(C)Cc1cc(-c2nc(C(N)c3ccccc3)no2)cc(=O)[nH]1. The molecule has 0 fully saturated rings. The van der Waals surface area contributed by atoms with Gasteiger partial charge in [0.2, 0.25) is 5.56 Å². The van der Waals surface area contributed by atoms with Crippen molar-refractivity contribution in [1.82, 2.24) is 15.1 Å². The number of nitrogens with one attached hydrogen (secondary N) is 1. The van der Waals surface area contributed by atoms with E-state index in [0.717, 1.165) is 17.7 Å². The number of aromatic amines is 1. The van der Waals surface area contributed by atoms with E-state index in [1.165, 1.54) is 6.07 Å².